The highest BCUT2D eigenvalue weighted by Crippen LogP contribution is 2.39. The van der Waals surface area contributed by atoms with Gasteiger partial charge in [0, 0.05) is 78.6 Å². The summed E-state index contributed by atoms with van der Waals surface area (Å²) in [5.41, 5.74) is 6.94. The van der Waals surface area contributed by atoms with Crippen molar-refractivity contribution in [3.05, 3.63) is 23.3 Å². The number of rotatable bonds is 17. The Bertz CT molecular complexity index is 2700. The van der Waals surface area contributed by atoms with E-state index in [0.717, 1.165) is 24.2 Å². The SMILES string of the molecule is CC[C@H](C)[C@@H]1CC(=O)CNC(=O)[C@H]2CC(=O)[C@H]([C@@H](C)[C@@H](O)CO)NC(=O)[C@@H]3C[C@@H](C)CN3C(=O)[C@H](CC(N)=O)NC(=O)[C@H](CS(=O)c3[nH]c4c(CSC5CCN(C(=O)CCCCCON)CC5)c(OC)ccc4c3C2)NC(=O)CNC1=O. The number of carbonyl (C=O) groups is 10. The molecule has 8 amide bonds. The number of likely N-dealkylation sites (tertiary alicyclic amines) is 1. The topological polar surface area (TPSA) is 381 Å². The summed E-state index contributed by atoms with van der Waals surface area (Å²) in [6.07, 6.45) is 0.865. The molecular weight excluding hydrogens is 1100 g/mol. The number of H-pyrrole nitrogens is 1. The molecule has 1 aromatic carbocycles. The summed E-state index contributed by atoms with van der Waals surface area (Å²) >= 11 is 1.62. The van der Waals surface area contributed by atoms with Crippen LogP contribution in [0.1, 0.15) is 109 Å². The van der Waals surface area contributed by atoms with Crippen LogP contribution in [0.2, 0.25) is 0 Å². The second kappa shape index (κ2) is 30.5. The van der Waals surface area contributed by atoms with Crippen LogP contribution in [0.15, 0.2) is 17.2 Å². The quantitative estimate of drug-likeness (QED) is 0.0706. The van der Waals surface area contributed by atoms with Crippen LogP contribution in [0.3, 0.4) is 0 Å². The van der Waals surface area contributed by atoms with E-state index >= 15 is 9.00 Å². The largest absolute Gasteiger partial charge is 0.496 e. The first-order valence-corrected chi connectivity index (χ1v) is 30.6. The molecule has 12 N–H and O–H groups in total. The molecule has 1 unspecified atom stereocenters. The first-order valence-electron chi connectivity index (χ1n) is 28.3. The van der Waals surface area contributed by atoms with Gasteiger partial charge in [0.2, 0.25) is 47.3 Å². The van der Waals surface area contributed by atoms with Gasteiger partial charge in [-0.1, -0.05) is 40.5 Å². The minimum absolute atomic E-state index is 0.0373. The van der Waals surface area contributed by atoms with Gasteiger partial charge in [-0.3, -0.25) is 52.2 Å². The molecule has 1 aromatic heterocycles. The fourth-order valence-corrected chi connectivity index (χ4v) is 13.8. The molecule has 11 atom stereocenters. The Morgan fingerprint density at radius 3 is 2.30 bits per heavy atom. The number of ketones is 2. The van der Waals surface area contributed by atoms with Crippen LogP contribution in [-0.2, 0) is 75.8 Å². The minimum Gasteiger partial charge on any atom is -0.496 e. The van der Waals surface area contributed by atoms with Gasteiger partial charge in [-0.15, -0.1) is 0 Å². The zero-order chi connectivity index (χ0) is 59.9. The van der Waals surface area contributed by atoms with E-state index in [0.29, 0.717) is 73.3 Å². The molecule has 27 heteroatoms. The number of ether oxygens (including phenoxy) is 1. The number of amides is 8. The Kier molecular flexibility index (Phi) is 24.3. The van der Waals surface area contributed by atoms with Gasteiger partial charge in [0.15, 0.2) is 11.6 Å². The molecular formula is C55H82N10O15S2. The Morgan fingerprint density at radius 1 is 0.915 bits per heavy atom. The van der Waals surface area contributed by atoms with Crippen molar-refractivity contribution in [2.75, 3.05) is 58.8 Å². The molecule has 454 valence electrons. The number of primary amides is 1. The molecule has 5 heterocycles. The molecule has 2 fully saturated rings. The number of piperidine rings is 1. The highest BCUT2D eigenvalue weighted by Gasteiger charge is 2.45. The van der Waals surface area contributed by atoms with Crippen LogP contribution in [0.25, 0.3) is 10.9 Å². The molecule has 0 saturated carbocycles. The molecule has 25 nitrogen and oxygen atoms in total. The summed E-state index contributed by atoms with van der Waals surface area (Å²) < 4.78 is 21.3. The van der Waals surface area contributed by atoms with Gasteiger partial charge in [0.05, 0.1) is 74.0 Å². The third-order valence-corrected chi connectivity index (χ3v) is 19.1. The molecule has 2 saturated heterocycles. The number of benzene rings is 1. The Morgan fingerprint density at radius 2 is 1.63 bits per heavy atom. The highest BCUT2D eigenvalue weighted by molar-refractivity contribution is 7.99. The van der Waals surface area contributed by atoms with Crippen LogP contribution >= 0.6 is 11.8 Å². The van der Waals surface area contributed by atoms with E-state index in [1.165, 1.54) is 14.0 Å². The van der Waals surface area contributed by atoms with Gasteiger partial charge in [-0.2, -0.15) is 11.8 Å². The number of aromatic nitrogens is 1. The number of hydrogen-bond acceptors (Lipinski definition) is 17. The maximum atomic E-state index is 15.4. The lowest BCUT2D eigenvalue weighted by Gasteiger charge is -2.32. The minimum atomic E-state index is -2.36. The molecule has 82 heavy (non-hydrogen) atoms. The van der Waals surface area contributed by atoms with Crippen molar-refractivity contribution in [2.45, 2.75) is 151 Å². The Hall–Kier alpha value is -6.00. The number of methoxy groups -OCH3 is 1. The van der Waals surface area contributed by atoms with Crippen molar-refractivity contribution in [3.8, 4) is 5.75 Å². The summed E-state index contributed by atoms with van der Waals surface area (Å²) in [5.74, 6) is -6.66. The number of unbranched alkanes of at least 4 members (excludes halogenated alkanes) is 2. The second-order valence-corrected chi connectivity index (χ2v) is 24.9. The third-order valence-electron chi connectivity index (χ3n) is 16.3. The molecule has 4 aliphatic rings. The number of carbonyl (C=O) groups excluding carboxylic acids is 10. The maximum absolute atomic E-state index is 15.4. The number of fused-ring (bicyclic) bond motifs is 5. The van der Waals surface area contributed by atoms with Gasteiger partial charge >= 0.3 is 0 Å². The van der Waals surface area contributed by atoms with Gasteiger partial charge < -0.3 is 66.9 Å². The summed E-state index contributed by atoms with van der Waals surface area (Å²) in [7, 11) is -0.875. The van der Waals surface area contributed by atoms with Crippen LogP contribution in [0.5, 0.6) is 5.75 Å². The number of aromatic amines is 1. The Balaban J connectivity index is 1.50. The van der Waals surface area contributed by atoms with Gasteiger partial charge in [0.25, 0.3) is 0 Å². The lowest BCUT2D eigenvalue weighted by molar-refractivity contribution is -0.143. The van der Waals surface area contributed by atoms with Crippen molar-refractivity contribution in [2.24, 2.45) is 41.2 Å². The summed E-state index contributed by atoms with van der Waals surface area (Å²) in [4.78, 5) is 152. The van der Waals surface area contributed by atoms with Crippen LogP contribution in [0.4, 0.5) is 0 Å². The van der Waals surface area contributed by atoms with Crippen molar-refractivity contribution >= 4 is 92.3 Å². The monoisotopic (exact) mass is 1190 g/mol. The molecule has 2 bridgehead atoms. The first-order chi connectivity index (χ1) is 39.1. The van der Waals surface area contributed by atoms with Crippen LogP contribution < -0.4 is 43.0 Å². The van der Waals surface area contributed by atoms with E-state index in [1.807, 2.05) is 4.90 Å². The summed E-state index contributed by atoms with van der Waals surface area (Å²) in [5, 5.41) is 34.7. The van der Waals surface area contributed by atoms with E-state index in [2.05, 4.69) is 36.4 Å². The average Bonchev–Trinajstić information content (AvgIpc) is 3.17. The number of Topliss-reactive ketones (excluding diaryl/α,β-unsaturated/α-hetero) is 2. The normalized spacial score (nSPS) is 26.4. The van der Waals surface area contributed by atoms with E-state index < -0.39 is 156 Å². The molecule has 0 spiro atoms. The lowest BCUT2D eigenvalue weighted by atomic mass is 9.85. The number of nitrogens with zero attached hydrogens (tertiary/aromatic N) is 2. The zero-order valence-electron chi connectivity index (χ0n) is 47.4. The van der Waals surface area contributed by atoms with Gasteiger partial charge in [-0.05, 0) is 68.1 Å². The smallest absolute Gasteiger partial charge is 0.246 e. The molecule has 2 aromatic rings. The molecule has 0 aliphatic carbocycles. The second-order valence-electron chi connectivity index (χ2n) is 22.2. The maximum Gasteiger partial charge on any atom is 0.246 e. The average molecular weight is 1190 g/mol. The van der Waals surface area contributed by atoms with E-state index in [-0.39, 0.29) is 53.5 Å². The zero-order valence-corrected chi connectivity index (χ0v) is 49.1. The van der Waals surface area contributed by atoms with Gasteiger partial charge in [0.1, 0.15) is 28.9 Å². The van der Waals surface area contributed by atoms with Crippen molar-refractivity contribution < 1.29 is 71.9 Å². The number of thioether (sulfide) groups is 1. The van der Waals surface area contributed by atoms with E-state index in [9.17, 15) is 53.4 Å². The number of nitrogens with one attached hydrogen (secondary N) is 6. The predicted molar refractivity (Wildman–Crippen MR) is 302 cm³/mol. The number of nitrogens with two attached hydrogens (primary N) is 2. The molecule has 6 rings (SSSR count). The fourth-order valence-electron chi connectivity index (χ4n) is 11.2. The van der Waals surface area contributed by atoms with Gasteiger partial charge in [-0.25, -0.2) is 5.90 Å². The summed E-state index contributed by atoms with van der Waals surface area (Å²) in [6, 6.07) is -3.02. The standard InChI is InChI=1S/C55H82N10O15S2/c1-6-30(3)36-21-33(67)23-58-50(73)32-19-37-35-11-12-44(79-5)38(27-81-34-13-15-64(16-14-34)47(72)10-8-7-9-17-80-57)49(35)63-54(37)82(78)28-40(60-46(71)24-59-51(36)74)52(75)61-39(22-45(56)70)55(77)65-25-29(2)18-41(65)53(76)62-48(42(68)20-32)31(4)43(69)26-66/h11-12,29-32,34,36,39-41,43,48,63,66,69H,6-10,13-28,57H2,1-5H3,(H2,56,70)(H,58,73)(H,59,74)(H,60,71)(H,61,75)(H,62,76)/t29-,30+,31+,32-,36+,39+,40+,41+,43+,48+,82?/m1/s1. The van der Waals surface area contributed by atoms with Crippen molar-refractivity contribution in [3.63, 3.8) is 0 Å². The van der Waals surface area contributed by atoms with E-state index in [4.69, 9.17) is 16.4 Å². The van der Waals surface area contributed by atoms with Crippen LogP contribution in [0, 0.1) is 29.6 Å². The Labute approximate surface area is 483 Å². The summed E-state index contributed by atoms with van der Waals surface area (Å²) in [6.45, 7) is 6.08. The first kappa shape index (κ1) is 65.2. The fraction of sp³-hybridized carbons (Fsp3) is 0.673. The van der Waals surface area contributed by atoms with Crippen molar-refractivity contribution in [1.82, 2.24) is 41.4 Å². The van der Waals surface area contributed by atoms with E-state index in [1.54, 1.807) is 44.7 Å². The van der Waals surface area contributed by atoms with Crippen molar-refractivity contribution in [1.29, 1.82) is 0 Å². The number of aliphatic hydroxyl groups excluding tert-OH is 2. The molecule has 4 aliphatic heterocycles. The highest BCUT2D eigenvalue weighted by atomic mass is 32.2. The molecule has 0 radical (unpaired) electrons. The number of hydrogen-bond donors (Lipinski definition) is 10. The predicted octanol–water partition coefficient (Wildman–Crippen LogP) is -0.486. The lowest BCUT2D eigenvalue weighted by Crippen LogP contribution is -2.60. The number of aliphatic hydroxyl groups is 2. The third kappa shape index (κ3) is 16.8. The van der Waals surface area contributed by atoms with Crippen LogP contribution in [-0.4, -0.2) is 182 Å².